The van der Waals surface area contributed by atoms with Crippen molar-refractivity contribution in [2.24, 2.45) is 0 Å². The molecule has 64 valence electrons. The molecule has 1 aliphatic heterocycles. The lowest BCUT2D eigenvalue weighted by molar-refractivity contribution is 0.0674. The van der Waals surface area contributed by atoms with Crippen LogP contribution in [0.25, 0.3) is 0 Å². The molecule has 0 fully saturated rings. The smallest absolute Gasteiger partial charge is 0.146 e. The number of thioether (sulfide) groups is 1. The number of nitrogens with zero attached hydrogens (tertiary/aromatic N) is 1. The zero-order valence-electron chi connectivity index (χ0n) is 7.03. The van der Waals surface area contributed by atoms with Gasteiger partial charge in [0.2, 0.25) is 0 Å². The highest BCUT2D eigenvalue weighted by Gasteiger charge is 2.34. The third-order valence-electron chi connectivity index (χ3n) is 1.89. The summed E-state index contributed by atoms with van der Waals surface area (Å²) < 4.78 is 0. The van der Waals surface area contributed by atoms with Crippen molar-refractivity contribution in [1.82, 2.24) is 10.2 Å². The highest BCUT2D eigenvalue weighted by atomic mass is 32.2. The highest BCUT2D eigenvalue weighted by Crippen LogP contribution is 2.26. The largest absolute Gasteiger partial charge is 0.376 e. The van der Waals surface area contributed by atoms with Crippen LogP contribution in [-0.4, -0.2) is 34.4 Å². The second-order valence-corrected chi connectivity index (χ2v) is 4.04. The Morgan fingerprint density at radius 3 is 2.73 bits per heavy atom. The summed E-state index contributed by atoms with van der Waals surface area (Å²) in [5.41, 5.74) is 0. The van der Waals surface area contributed by atoms with Crippen LogP contribution in [-0.2, 0) is 0 Å². The van der Waals surface area contributed by atoms with E-state index in [1.807, 2.05) is 30.6 Å². The maximum atomic E-state index is 9.81. The summed E-state index contributed by atoms with van der Waals surface area (Å²) >= 11 is 1.44. The van der Waals surface area contributed by atoms with E-state index in [2.05, 4.69) is 5.32 Å². The molecule has 0 saturated heterocycles. The van der Waals surface area contributed by atoms with Crippen molar-refractivity contribution in [3.63, 3.8) is 0 Å². The van der Waals surface area contributed by atoms with Crippen LogP contribution in [0, 0.1) is 0 Å². The predicted molar refractivity (Wildman–Crippen MR) is 48.0 cm³/mol. The van der Waals surface area contributed by atoms with Crippen LogP contribution in [0.5, 0.6) is 0 Å². The average molecular weight is 174 g/mol. The lowest BCUT2D eigenvalue weighted by Gasteiger charge is -2.33. The molecule has 0 radical (unpaired) electrons. The first-order chi connectivity index (χ1) is 5.08. The number of rotatable bonds is 2. The molecule has 0 aromatic heterocycles. The van der Waals surface area contributed by atoms with E-state index in [1.165, 1.54) is 11.8 Å². The van der Waals surface area contributed by atoms with Gasteiger partial charge < -0.3 is 15.3 Å². The van der Waals surface area contributed by atoms with E-state index in [1.54, 1.807) is 6.92 Å². The molecule has 3 nitrogen and oxygen atoms in total. The van der Waals surface area contributed by atoms with E-state index in [-0.39, 0.29) is 6.17 Å². The molecule has 4 heteroatoms. The molecule has 2 unspecified atom stereocenters. The second kappa shape index (κ2) is 2.95. The van der Waals surface area contributed by atoms with E-state index in [9.17, 15) is 5.11 Å². The second-order valence-electron chi connectivity index (χ2n) is 2.81. The maximum Gasteiger partial charge on any atom is 0.146 e. The van der Waals surface area contributed by atoms with Gasteiger partial charge in [0.25, 0.3) is 0 Å². The fraction of sp³-hybridized carbons (Fsp3) is 0.714. The van der Waals surface area contributed by atoms with E-state index in [0.717, 1.165) is 0 Å². The van der Waals surface area contributed by atoms with Gasteiger partial charge in [-0.25, -0.2) is 0 Å². The Morgan fingerprint density at radius 2 is 2.36 bits per heavy atom. The van der Waals surface area contributed by atoms with E-state index in [0.29, 0.717) is 0 Å². The average Bonchev–Trinajstić information content (AvgIpc) is 2.36. The molecule has 1 rings (SSSR count). The number of aliphatic hydroxyl groups is 1. The van der Waals surface area contributed by atoms with Gasteiger partial charge in [0.1, 0.15) is 11.1 Å². The summed E-state index contributed by atoms with van der Waals surface area (Å²) in [5, 5.41) is 12.9. The third kappa shape index (κ3) is 1.62. The molecule has 0 amide bonds. The Hall–Kier alpha value is -0.350. The van der Waals surface area contributed by atoms with Gasteiger partial charge in [-0.05, 0) is 13.2 Å². The number of nitrogens with one attached hydrogen (secondary N) is 1. The van der Waals surface area contributed by atoms with Crippen LogP contribution in [0.3, 0.4) is 0 Å². The number of hydrogen-bond acceptors (Lipinski definition) is 4. The zero-order valence-corrected chi connectivity index (χ0v) is 7.85. The standard InChI is InChI=1S/C7H14N2OS/c1-7(10,11-3)6-8-4-5-9(6)2/h4-6,8,10H,1-3H3. The molecule has 0 aromatic rings. The summed E-state index contributed by atoms with van der Waals surface area (Å²) in [6.07, 6.45) is 5.64. The summed E-state index contributed by atoms with van der Waals surface area (Å²) in [4.78, 5) is 1.22. The van der Waals surface area contributed by atoms with Gasteiger partial charge in [-0.2, -0.15) is 0 Å². The molecule has 0 spiro atoms. The van der Waals surface area contributed by atoms with Gasteiger partial charge in [-0.3, -0.25) is 0 Å². The van der Waals surface area contributed by atoms with Crippen molar-refractivity contribution in [2.45, 2.75) is 18.0 Å². The summed E-state index contributed by atoms with van der Waals surface area (Å²) in [5.74, 6) is 0. The van der Waals surface area contributed by atoms with Crippen LogP contribution in [0.4, 0.5) is 0 Å². The van der Waals surface area contributed by atoms with Crippen LogP contribution in [0.2, 0.25) is 0 Å². The number of hydrogen-bond donors (Lipinski definition) is 2. The minimum Gasteiger partial charge on any atom is -0.376 e. The molecule has 2 N–H and O–H groups in total. The van der Waals surface area contributed by atoms with Crippen molar-refractivity contribution in [1.29, 1.82) is 0 Å². The summed E-state index contributed by atoms with van der Waals surface area (Å²) in [6, 6.07) is 0. The van der Waals surface area contributed by atoms with Gasteiger partial charge in [0, 0.05) is 19.4 Å². The first kappa shape index (κ1) is 8.74. The monoisotopic (exact) mass is 174 g/mol. The normalized spacial score (nSPS) is 28.4. The predicted octanol–water partition coefficient (Wildman–Crippen LogP) is 0.390. The SMILES string of the molecule is CSC(C)(O)C1NC=CN1C. The Morgan fingerprint density at radius 1 is 1.73 bits per heavy atom. The van der Waals surface area contributed by atoms with Crippen molar-refractivity contribution in [3.05, 3.63) is 12.4 Å². The van der Waals surface area contributed by atoms with Gasteiger partial charge in [0.15, 0.2) is 0 Å². The van der Waals surface area contributed by atoms with Crippen molar-refractivity contribution < 1.29 is 5.11 Å². The minimum atomic E-state index is -0.738. The first-order valence-electron chi connectivity index (χ1n) is 3.50. The lowest BCUT2D eigenvalue weighted by atomic mass is 10.3. The molecule has 1 heterocycles. The minimum absolute atomic E-state index is 0.0162. The van der Waals surface area contributed by atoms with Crippen LogP contribution in [0.15, 0.2) is 12.4 Å². The fourth-order valence-corrected chi connectivity index (χ4v) is 1.56. The Kier molecular flexibility index (Phi) is 2.34. The highest BCUT2D eigenvalue weighted by molar-refractivity contribution is 7.99. The molecule has 1 aliphatic rings. The number of likely N-dealkylation sites (N-methyl/N-ethyl adjacent to an activating group) is 1. The quantitative estimate of drug-likeness (QED) is 0.594. The zero-order chi connectivity index (χ0) is 8.48. The van der Waals surface area contributed by atoms with Crippen molar-refractivity contribution in [3.8, 4) is 0 Å². The Bertz CT molecular complexity index is 170. The van der Waals surface area contributed by atoms with Gasteiger partial charge in [-0.1, -0.05) is 0 Å². The van der Waals surface area contributed by atoms with Crippen molar-refractivity contribution in [2.75, 3.05) is 13.3 Å². The van der Waals surface area contributed by atoms with E-state index >= 15 is 0 Å². The van der Waals surface area contributed by atoms with Crippen LogP contribution < -0.4 is 5.32 Å². The maximum absolute atomic E-state index is 9.81. The molecular formula is C7H14N2OS. The van der Waals surface area contributed by atoms with Crippen LogP contribution >= 0.6 is 11.8 Å². The van der Waals surface area contributed by atoms with E-state index in [4.69, 9.17) is 0 Å². The van der Waals surface area contributed by atoms with Gasteiger partial charge in [-0.15, -0.1) is 11.8 Å². The molecule has 0 aliphatic carbocycles. The third-order valence-corrected chi connectivity index (χ3v) is 2.94. The van der Waals surface area contributed by atoms with Gasteiger partial charge in [0.05, 0.1) is 0 Å². The lowest BCUT2D eigenvalue weighted by Crippen LogP contribution is -2.49. The van der Waals surface area contributed by atoms with Gasteiger partial charge >= 0.3 is 0 Å². The first-order valence-corrected chi connectivity index (χ1v) is 4.72. The molecule has 0 saturated carbocycles. The molecule has 2 atom stereocenters. The van der Waals surface area contributed by atoms with Crippen LogP contribution in [0.1, 0.15) is 6.92 Å². The van der Waals surface area contributed by atoms with E-state index < -0.39 is 4.93 Å². The Balaban J connectivity index is 2.61. The molecule has 0 aromatic carbocycles. The van der Waals surface area contributed by atoms with Crippen molar-refractivity contribution >= 4 is 11.8 Å². The fourth-order valence-electron chi connectivity index (χ4n) is 1.10. The summed E-state index contributed by atoms with van der Waals surface area (Å²) in [6.45, 7) is 1.80. The molecule has 0 bridgehead atoms. The summed E-state index contributed by atoms with van der Waals surface area (Å²) in [7, 11) is 1.94. The molecular weight excluding hydrogens is 160 g/mol. The molecule has 11 heavy (non-hydrogen) atoms. The Labute approximate surface area is 71.5 Å². The topological polar surface area (TPSA) is 35.5 Å².